The van der Waals surface area contributed by atoms with Crippen LogP contribution in [0.4, 0.5) is 5.13 Å². The van der Waals surface area contributed by atoms with Crippen molar-refractivity contribution < 1.29 is 19.0 Å². The molecule has 1 amide bonds. The maximum absolute atomic E-state index is 12.6. The van der Waals surface area contributed by atoms with Gasteiger partial charge in [-0.2, -0.15) is 0 Å². The average Bonchev–Trinajstić information content (AvgIpc) is 3.28. The molecule has 0 saturated carbocycles. The highest BCUT2D eigenvalue weighted by Gasteiger charge is 2.14. The van der Waals surface area contributed by atoms with Crippen LogP contribution in [-0.2, 0) is 0 Å². The van der Waals surface area contributed by atoms with Crippen LogP contribution in [0, 0.1) is 0 Å². The molecule has 0 saturated heterocycles. The summed E-state index contributed by atoms with van der Waals surface area (Å²) in [5.74, 6) is 2.50. The summed E-state index contributed by atoms with van der Waals surface area (Å²) < 4.78 is 16.4. The number of hydrogen-bond acceptors (Lipinski definition) is 6. The normalized spacial score (nSPS) is 10.4. The quantitative estimate of drug-likeness (QED) is 0.395. The summed E-state index contributed by atoms with van der Waals surface area (Å²) >= 11 is 1.35. The third-order valence-corrected chi connectivity index (χ3v) is 5.26. The van der Waals surface area contributed by atoms with E-state index in [1.165, 1.54) is 11.3 Å². The first kappa shape index (κ1) is 20.4. The Morgan fingerprint density at radius 2 is 1.58 bits per heavy atom. The number of para-hydroxylation sites is 1. The molecule has 1 aromatic heterocycles. The van der Waals surface area contributed by atoms with Crippen molar-refractivity contribution >= 4 is 22.4 Å². The van der Waals surface area contributed by atoms with E-state index < -0.39 is 0 Å². The number of ether oxygens (including phenoxy) is 3. The summed E-state index contributed by atoms with van der Waals surface area (Å²) in [5, 5.41) is 5.21. The number of hydrogen-bond donors (Lipinski definition) is 1. The number of thiazole rings is 1. The van der Waals surface area contributed by atoms with Crippen LogP contribution in [-0.4, -0.2) is 25.1 Å². The Hall–Kier alpha value is -3.84. The molecule has 3 aromatic carbocycles. The average molecular weight is 433 g/mol. The van der Waals surface area contributed by atoms with E-state index in [2.05, 4.69) is 10.3 Å². The Morgan fingerprint density at radius 3 is 2.29 bits per heavy atom. The van der Waals surface area contributed by atoms with Gasteiger partial charge in [0.2, 0.25) is 0 Å². The lowest BCUT2D eigenvalue weighted by Crippen LogP contribution is -2.11. The van der Waals surface area contributed by atoms with E-state index in [1.807, 2.05) is 47.8 Å². The van der Waals surface area contributed by atoms with Crippen molar-refractivity contribution in [3.63, 3.8) is 0 Å². The van der Waals surface area contributed by atoms with Crippen LogP contribution < -0.4 is 19.5 Å². The molecular weight excluding hydrogens is 412 g/mol. The zero-order chi connectivity index (χ0) is 21.6. The van der Waals surface area contributed by atoms with Crippen molar-refractivity contribution in [1.29, 1.82) is 0 Å². The molecule has 1 N–H and O–H groups in total. The molecule has 0 atom stereocenters. The van der Waals surface area contributed by atoms with Crippen LogP contribution in [0.15, 0.2) is 78.2 Å². The summed E-state index contributed by atoms with van der Waals surface area (Å²) in [5.41, 5.74) is 2.05. The second-order valence-corrected chi connectivity index (χ2v) is 7.36. The van der Waals surface area contributed by atoms with E-state index in [9.17, 15) is 4.79 Å². The maximum atomic E-state index is 12.6. The predicted molar refractivity (Wildman–Crippen MR) is 122 cm³/mol. The molecule has 4 rings (SSSR count). The molecular formula is C24H20N2O4S. The summed E-state index contributed by atoms with van der Waals surface area (Å²) in [7, 11) is 3.20. The fourth-order valence-corrected chi connectivity index (χ4v) is 3.64. The number of benzene rings is 3. The SMILES string of the molecule is COc1ccc(-c2csc(NC(=O)c3ccc(Oc4ccccc4)cc3)n2)c(OC)c1. The molecule has 31 heavy (non-hydrogen) atoms. The molecule has 4 aromatic rings. The largest absolute Gasteiger partial charge is 0.497 e. The van der Waals surface area contributed by atoms with Gasteiger partial charge in [0.25, 0.3) is 5.91 Å². The van der Waals surface area contributed by atoms with E-state index in [0.29, 0.717) is 33.6 Å². The Bertz CT molecular complexity index is 1170. The van der Waals surface area contributed by atoms with Crippen molar-refractivity contribution in [2.24, 2.45) is 0 Å². The molecule has 0 aliphatic carbocycles. The molecule has 0 bridgehead atoms. The summed E-state index contributed by atoms with van der Waals surface area (Å²) in [6.07, 6.45) is 0. The molecule has 0 radical (unpaired) electrons. The van der Waals surface area contributed by atoms with Crippen LogP contribution in [0.5, 0.6) is 23.0 Å². The number of rotatable bonds is 7. The van der Waals surface area contributed by atoms with Crippen LogP contribution >= 0.6 is 11.3 Å². The number of amides is 1. The predicted octanol–water partition coefficient (Wildman–Crippen LogP) is 5.87. The number of methoxy groups -OCH3 is 2. The van der Waals surface area contributed by atoms with Crippen LogP contribution in [0.3, 0.4) is 0 Å². The monoisotopic (exact) mass is 432 g/mol. The molecule has 0 unspecified atom stereocenters. The van der Waals surface area contributed by atoms with Crippen molar-refractivity contribution in [2.75, 3.05) is 19.5 Å². The van der Waals surface area contributed by atoms with Crippen LogP contribution in [0.2, 0.25) is 0 Å². The number of nitrogens with zero attached hydrogens (tertiary/aromatic N) is 1. The van der Waals surface area contributed by atoms with Gasteiger partial charge in [-0.15, -0.1) is 11.3 Å². The van der Waals surface area contributed by atoms with Crippen molar-refractivity contribution in [2.45, 2.75) is 0 Å². The van der Waals surface area contributed by atoms with E-state index in [4.69, 9.17) is 14.2 Å². The van der Waals surface area contributed by atoms with Gasteiger partial charge in [-0.25, -0.2) is 4.98 Å². The van der Waals surface area contributed by atoms with Crippen molar-refractivity contribution in [1.82, 2.24) is 4.98 Å². The fraction of sp³-hybridized carbons (Fsp3) is 0.0833. The molecule has 0 spiro atoms. The highest BCUT2D eigenvalue weighted by Crippen LogP contribution is 2.35. The van der Waals surface area contributed by atoms with Crippen LogP contribution in [0.25, 0.3) is 11.3 Å². The number of carbonyl (C=O) groups is 1. The van der Waals surface area contributed by atoms with Crippen molar-refractivity contribution in [3.05, 3.63) is 83.7 Å². The smallest absolute Gasteiger partial charge is 0.257 e. The first-order valence-electron chi connectivity index (χ1n) is 9.48. The number of aromatic nitrogens is 1. The first-order chi connectivity index (χ1) is 15.2. The Labute approximate surface area is 184 Å². The lowest BCUT2D eigenvalue weighted by Gasteiger charge is -2.08. The second-order valence-electron chi connectivity index (χ2n) is 6.50. The van der Waals surface area contributed by atoms with Crippen LogP contribution in [0.1, 0.15) is 10.4 Å². The van der Waals surface area contributed by atoms with Gasteiger partial charge in [-0.05, 0) is 48.5 Å². The molecule has 1 heterocycles. The van der Waals surface area contributed by atoms with Gasteiger partial charge in [0.1, 0.15) is 23.0 Å². The first-order valence-corrected chi connectivity index (χ1v) is 10.4. The Morgan fingerprint density at radius 1 is 0.871 bits per heavy atom. The van der Waals surface area contributed by atoms with Gasteiger partial charge in [0.05, 0.1) is 19.9 Å². The number of anilines is 1. The Kier molecular flexibility index (Phi) is 6.14. The summed E-state index contributed by atoms with van der Waals surface area (Å²) in [4.78, 5) is 17.1. The van der Waals surface area contributed by atoms with E-state index in [-0.39, 0.29) is 5.91 Å². The molecule has 0 aliphatic heterocycles. The van der Waals surface area contributed by atoms with E-state index in [1.54, 1.807) is 44.6 Å². The summed E-state index contributed by atoms with van der Waals surface area (Å²) in [6, 6.07) is 22.0. The number of nitrogens with one attached hydrogen (secondary N) is 1. The van der Waals surface area contributed by atoms with Gasteiger partial charge < -0.3 is 14.2 Å². The highest BCUT2D eigenvalue weighted by molar-refractivity contribution is 7.14. The molecule has 7 heteroatoms. The standard InChI is InChI=1S/C24H20N2O4S/c1-28-19-12-13-20(22(14-19)29-2)21-15-31-24(25-21)26-23(27)16-8-10-18(11-9-16)30-17-6-4-3-5-7-17/h3-15H,1-2H3,(H,25,26,27). The zero-order valence-electron chi connectivity index (χ0n) is 17.0. The topological polar surface area (TPSA) is 69.7 Å². The summed E-state index contributed by atoms with van der Waals surface area (Å²) in [6.45, 7) is 0. The highest BCUT2D eigenvalue weighted by atomic mass is 32.1. The van der Waals surface area contributed by atoms with E-state index in [0.717, 1.165) is 11.3 Å². The maximum Gasteiger partial charge on any atom is 0.257 e. The van der Waals surface area contributed by atoms with Gasteiger partial charge >= 0.3 is 0 Å². The second kappa shape index (κ2) is 9.32. The minimum atomic E-state index is -0.242. The number of carbonyl (C=O) groups excluding carboxylic acids is 1. The molecule has 156 valence electrons. The van der Waals surface area contributed by atoms with Gasteiger partial charge in [-0.1, -0.05) is 18.2 Å². The van der Waals surface area contributed by atoms with Gasteiger partial charge in [-0.3, -0.25) is 10.1 Å². The van der Waals surface area contributed by atoms with E-state index >= 15 is 0 Å². The minimum absolute atomic E-state index is 0.242. The fourth-order valence-electron chi connectivity index (χ4n) is 2.93. The zero-order valence-corrected chi connectivity index (χ0v) is 17.8. The minimum Gasteiger partial charge on any atom is -0.497 e. The Balaban J connectivity index is 1.44. The lowest BCUT2D eigenvalue weighted by atomic mass is 10.1. The van der Waals surface area contributed by atoms with Crippen molar-refractivity contribution in [3.8, 4) is 34.3 Å². The lowest BCUT2D eigenvalue weighted by molar-refractivity contribution is 0.102. The molecule has 0 aliphatic rings. The van der Waals surface area contributed by atoms with Gasteiger partial charge in [0, 0.05) is 22.6 Å². The molecule has 0 fully saturated rings. The van der Waals surface area contributed by atoms with Gasteiger partial charge in [0.15, 0.2) is 5.13 Å². The third-order valence-electron chi connectivity index (χ3n) is 4.50. The molecule has 6 nitrogen and oxygen atoms in total. The third kappa shape index (κ3) is 4.84.